The second-order valence-corrected chi connectivity index (χ2v) is 9.30. The molecular weight excluding hydrogens is 438 g/mol. The van der Waals surface area contributed by atoms with Crippen LogP contribution in [0.1, 0.15) is 27.2 Å². The molecule has 33 heavy (non-hydrogen) atoms. The second-order valence-electron chi connectivity index (χ2n) is 8.35. The maximum Gasteiger partial charge on any atom is 0.289 e. The van der Waals surface area contributed by atoms with Gasteiger partial charge in [0.25, 0.3) is 5.91 Å². The van der Waals surface area contributed by atoms with Crippen LogP contribution in [-0.2, 0) is 4.79 Å². The van der Waals surface area contributed by atoms with Crippen LogP contribution >= 0.6 is 11.8 Å². The van der Waals surface area contributed by atoms with Gasteiger partial charge in [0, 0.05) is 26.2 Å². The van der Waals surface area contributed by atoms with E-state index in [0.29, 0.717) is 37.1 Å². The zero-order chi connectivity index (χ0) is 23.1. The number of rotatable bonds is 4. The summed E-state index contributed by atoms with van der Waals surface area (Å²) in [6.45, 7) is 8.23. The highest BCUT2D eigenvalue weighted by atomic mass is 32.2. The van der Waals surface area contributed by atoms with Crippen LogP contribution in [0, 0.1) is 20.8 Å². The minimum atomic E-state index is -0.135. The number of piperazine rings is 1. The summed E-state index contributed by atoms with van der Waals surface area (Å²) < 4.78 is 7.28. The van der Waals surface area contributed by atoms with Gasteiger partial charge in [-0.15, -0.1) is 10.2 Å². The van der Waals surface area contributed by atoms with Gasteiger partial charge in [0.05, 0.1) is 17.5 Å². The van der Waals surface area contributed by atoms with E-state index in [1.165, 1.54) is 29.2 Å². The minimum Gasteiger partial charge on any atom is -0.459 e. The average molecular weight is 464 g/mol. The van der Waals surface area contributed by atoms with Crippen molar-refractivity contribution in [3.63, 3.8) is 0 Å². The summed E-state index contributed by atoms with van der Waals surface area (Å²) in [5.74, 6) is 0.501. The van der Waals surface area contributed by atoms with E-state index < -0.39 is 0 Å². The molecule has 1 aromatic carbocycles. The Morgan fingerprint density at radius 1 is 1.00 bits per heavy atom. The van der Waals surface area contributed by atoms with Gasteiger partial charge in [-0.05, 0) is 61.0 Å². The molecule has 4 heterocycles. The number of nitrogens with zero attached hydrogens (tertiary/aromatic N) is 5. The van der Waals surface area contributed by atoms with Crippen LogP contribution in [0.4, 0.5) is 0 Å². The van der Waals surface area contributed by atoms with Gasteiger partial charge in [-0.3, -0.25) is 14.0 Å². The predicted molar refractivity (Wildman–Crippen MR) is 127 cm³/mol. The zero-order valence-electron chi connectivity index (χ0n) is 18.9. The number of benzene rings is 1. The van der Waals surface area contributed by atoms with E-state index in [-0.39, 0.29) is 17.6 Å². The Hall–Kier alpha value is -3.33. The molecule has 4 aromatic rings. The summed E-state index contributed by atoms with van der Waals surface area (Å²) in [5, 5.41) is 10.6. The Morgan fingerprint density at radius 2 is 1.76 bits per heavy atom. The summed E-state index contributed by atoms with van der Waals surface area (Å²) in [6.07, 6.45) is 1.49. The smallest absolute Gasteiger partial charge is 0.289 e. The van der Waals surface area contributed by atoms with Crippen molar-refractivity contribution in [2.24, 2.45) is 0 Å². The van der Waals surface area contributed by atoms with Crippen molar-refractivity contribution < 1.29 is 14.0 Å². The van der Waals surface area contributed by atoms with Gasteiger partial charge >= 0.3 is 0 Å². The third-order valence-electron chi connectivity index (χ3n) is 6.29. The Balaban J connectivity index is 1.30. The number of fused-ring (bicyclic) bond motifs is 3. The molecule has 0 N–H and O–H groups in total. The highest BCUT2D eigenvalue weighted by molar-refractivity contribution is 7.99. The SMILES string of the molecule is Cc1ccc2cc(C)c3nnc(SCC(=O)N4CCN(C(=O)c5ccco5)CC4)n3c2c1C. The highest BCUT2D eigenvalue weighted by Crippen LogP contribution is 2.29. The van der Waals surface area contributed by atoms with Gasteiger partial charge in [0.1, 0.15) is 0 Å². The van der Waals surface area contributed by atoms with E-state index in [1.807, 2.05) is 6.92 Å². The Kier molecular flexibility index (Phi) is 5.57. The molecule has 0 spiro atoms. The number of amides is 2. The predicted octanol–water partition coefficient (Wildman–Crippen LogP) is 3.48. The summed E-state index contributed by atoms with van der Waals surface area (Å²) in [6, 6.07) is 9.74. The lowest BCUT2D eigenvalue weighted by molar-refractivity contribution is -0.129. The summed E-state index contributed by atoms with van der Waals surface area (Å²) in [7, 11) is 0. The quantitative estimate of drug-likeness (QED) is 0.431. The molecule has 9 heteroatoms. The fourth-order valence-corrected chi connectivity index (χ4v) is 5.13. The number of furan rings is 1. The van der Waals surface area contributed by atoms with Crippen LogP contribution in [0.25, 0.3) is 16.6 Å². The third kappa shape index (κ3) is 3.86. The van der Waals surface area contributed by atoms with Crippen molar-refractivity contribution in [2.45, 2.75) is 25.9 Å². The zero-order valence-corrected chi connectivity index (χ0v) is 19.7. The molecule has 0 saturated carbocycles. The van der Waals surface area contributed by atoms with Crippen LogP contribution < -0.4 is 0 Å². The molecule has 0 atom stereocenters. The molecule has 0 radical (unpaired) electrons. The largest absolute Gasteiger partial charge is 0.459 e. The first kappa shape index (κ1) is 21.5. The molecule has 1 aliphatic rings. The fourth-order valence-electron chi connectivity index (χ4n) is 4.29. The summed E-state index contributed by atoms with van der Waals surface area (Å²) in [5.41, 5.74) is 5.34. The lowest BCUT2D eigenvalue weighted by Gasteiger charge is -2.34. The maximum absolute atomic E-state index is 12.9. The van der Waals surface area contributed by atoms with Crippen LogP contribution in [0.2, 0.25) is 0 Å². The molecule has 0 unspecified atom stereocenters. The third-order valence-corrected chi connectivity index (χ3v) is 7.20. The minimum absolute atomic E-state index is 0.0340. The van der Waals surface area contributed by atoms with Crippen LogP contribution in [0.3, 0.4) is 0 Å². The van der Waals surface area contributed by atoms with Gasteiger partial charge in [-0.1, -0.05) is 23.9 Å². The summed E-state index contributed by atoms with van der Waals surface area (Å²) >= 11 is 1.40. The van der Waals surface area contributed by atoms with Crippen LogP contribution in [0.15, 0.2) is 46.2 Å². The van der Waals surface area contributed by atoms with Crippen molar-refractivity contribution >= 4 is 40.1 Å². The van der Waals surface area contributed by atoms with Gasteiger partial charge in [-0.2, -0.15) is 0 Å². The van der Waals surface area contributed by atoms with Crippen molar-refractivity contribution in [3.05, 3.63) is 59.0 Å². The Morgan fingerprint density at radius 3 is 2.48 bits per heavy atom. The second kappa shape index (κ2) is 8.55. The lowest BCUT2D eigenvalue weighted by atomic mass is 10.0. The number of aryl methyl sites for hydroxylation is 3. The van der Waals surface area contributed by atoms with E-state index in [0.717, 1.165) is 22.1 Å². The first-order valence-corrected chi connectivity index (χ1v) is 11.9. The lowest BCUT2D eigenvalue weighted by Crippen LogP contribution is -2.51. The number of hydrogen-bond donors (Lipinski definition) is 0. The molecule has 2 amide bonds. The molecular formula is C24H25N5O3S. The van der Waals surface area contributed by atoms with Crippen molar-refractivity contribution in [1.82, 2.24) is 24.4 Å². The molecule has 5 rings (SSSR count). The maximum atomic E-state index is 12.9. The standard InChI is InChI=1S/C24H25N5O3S/c1-15-6-7-18-13-16(2)22-25-26-24(29(22)21(18)17(15)3)33-14-20(30)27-8-10-28(11-9-27)23(31)19-5-4-12-32-19/h4-7,12-13H,8-11,14H2,1-3H3. The van der Waals surface area contributed by atoms with E-state index in [1.54, 1.807) is 21.9 Å². The first-order chi connectivity index (χ1) is 15.9. The number of carbonyl (C=O) groups excluding carboxylic acids is 2. The fraction of sp³-hybridized carbons (Fsp3) is 0.333. The highest BCUT2D eigenvalue weighted by Gasteiger charge is 2.26. The molecule has 8 nitrogen and oxygen atoms in total. The van der Waals surface area contributed by atoms with Gasteiger partial charge in [-0.25, -0.2) is 0 Å². The number of hydrogen-bond acceptors (Lipinski definition) is 6. The topological polar surface area (TPSA) is 84.0 Å². The molecule has 0 bridgehead atoms. The molecule has 1 fully saturated rings. The average Bonchev–Trinajstić information content (AvgIpc) is 3.50. The summed E-state index contributed by atoms with van der Waals surface area (Å²) in [4.78, 5) is 28.9. The van der Waals surface area contributed by atoms with Gasteiger partial charge < -0.3 is 14.2 Å². The first-order valence-electron chi connectivity index (χ1n) is 10.9. The normalized spacial score (nSPS) is 14.4. The molecule has 170 valence electrons. The number of thioether (sulfide) groups is 1. The van der Waals surface area contributed by atoms with E-state index in [9.17, 15) is 9.59 Å². The van der Waals surface area contributed by atoms with E-state index >= 15 is 0 Å². The number of pyridine rings is 1. The van der Waals surface area contributed by atoms with E-state index in [4.69, 9.17) is 4.42 Å². The monoisotopic (exact) mass is 463 g/mol. The van der Waals surface area contributed by atoms with Crippen molar-refractivity contribution in [1.29, 1.82) is 0 Å². The Bertz CT molecular complexity index is 1350. The van der Waals surface area contributed by atoms with Gasteiger partial charge in [0.15, 0.2) is 16.6 Å². The van der Waals surface area contributed by atoms with Gasteiger partial charge in [0.2, 0.25) is 5.91 Å². The molecule has 1 aliphatic heterocycles. The number of carbonyl (C=O) groups is 2. The van der Waals surface area contributed by atoms with E-state index in [2.05, 4.69) is 46.6 Å². The number of aromatic nitrogens is 3. The molecule has 1 saturated heterocycles. The van der Waals surface area contributed by atoms with Crippen molar-refractivity contribution in [3.8, 4) is 0 Å². The van der Waals surface area contributed by atoms with Crippen LogP contribution in [-0.4, -0.2) is 68.1 Å². The molecule has 0 aliphatic carbocycles. The van der Waals surface area contributed by atoms with Crippen LogP contribution in [0.5, 0.6) is 0 Å². The Labute approximate surface area is 195 Å². The van der Waals surface area contributed by atoms with Crippen molar-refractivity contribution in [2.75, 3.05) is 31.9 Å². The molecule has 3 aromatic heterocycles.